The molecule has 14 heteroatoms. The van der Waals surface area contributed by atoms with Crippen molar-refractivity contribution < 1.29 is 31.2 Å². The number of nitrogens with two attached hydrogens (primary N) is 1. The summed E-state index contributed by atoms with van der Waals surface area (Å²) < 4.78 is 68.0. The molecule has 3 saturated carbocycles. The molecule has 2 bridgehead atoms. The molecule has 2 N–H and O–H groups in total. The average Bonchev–Trinajstić information content (AvgIpc) is 3.14. The Kier molecular flexibility index (Phi) is 4.94. The van der Waals surface area contributed by atoms with Crippen LogP contribution in [0.4, 0.5) is 19.0 Å². The molecular weight excluding hydrogens is 501 g/mol. The number of imidazole rings is 1. The number of hydroxylamine groups is 1. The van der Waals surface area contributed by atoms with E-state index in [1.807, 2.05) is 0 Å². The van der Waals surface area contributed by atoms with Gasteiger partial charge in [-0.2, -0.15) is 18.4 Å². The van der Waals surface area contributed by atoms with Crippen LogP contribution in [0.15, 0.2) is 35.5 Å². The van der Waals surface area contributed by atoms with Crippen molar-refractivity contribution in [2.45, 2.75) is 49.7 Å². The number of alkyl halides is 3. The highest BCUT2D eigenvalue weighted by atomic mass is 32.2. The van der Waals surface area contributed by atoms with E-state index < -0.39 is 33.1 Å². The highest BCUT2D eigenvalue weighted by Crippen LogP contribution is 2.70. The smallest absolute Gasteiger partial charge is 0.381 e. The summed E-state index contributed by atoms with van der Waals surface area (Å²) in [5.41, 5.74) is 6.20. The number of nitrogen functional groups attached to an aromatic ring is 1. The van der Waals surface area contributed by atoms with Crippen molar-refractivity contribution in [2.24, 2.45) is 5.41 Å². The molecule has 3 aliphatic carbocycles. The van der Waals surface area contributed by atoms with Crippen molar-refractivity contribution in [3.05, 3.63) is 41.9 Å². The fourth-order valence-electron chi connectivity index (χ4n) is 5.04. The Morgan fingerprint density at radius 2 is 1.94 bits per heavy atom. The Morgan fingerprint density at radius 3 is 2.56 bits per heavy atom. The number of carbonyl (C=O) groups is 1. The van der Waals surface area contributed by atoms with Crippen molar-refractivity contribution in [1.29, 1.82) is 5.26 Å². The van der Waals surface area contributed by atoms with Gasteiger partial charge >= 0.3 is 12.1 Å². The van der Waals surface area contributed by atoms with E-state index in [0.717, 1.165) is 0 Å². The third-order valence-corrected chi connectivity index (χ3v) is 8.41. The van der Waals surface area contributed by atoms with Gasteiger partial charge in [0.15, 0.2) is 11.5 Å². The van der Waals surface area contributed by atoms with E-state index in [0.29, 0.717) is 28.2 Å². The number of nitrogens with zero attached hydrogens (tertiary/aromatic N) is 5. The topological polar surface area (TPSA) is 144 Å². The van der Waals surface area contributed by atoms with E-state index >= 15 is 0 Å². The SMILES string of the molecule is Cc1cn2c(-c3cc(S(=O)(=O)N(OC(=O)C(F)(F)F)C45CC(C#N)(C4)C5)ccc3C)cnc2c(N)n1. The normalized spacial score (nSPS) is 23.1. The molecular formula is C22H19F3N6O4S. The Hall–Kier alpha value is -3.70. The summed E-state index contributed by atoms with van der Waals surface area (Å²) in [6, 6.07) is 6.04. The molecule has 36 heavy (non-hydrogen) atoms. The minimum absolute atomic E-state index is 0.0294. The second kappa shape index (κ2) is 7.40. The second-order valence-electron chi connectivity index (χ2n) is 9.34. The monoisotopic (exact) mass is 520 g/mol. The maximum Gasteiger partial charge on any atom is 0.492 e. The summed E-state index contributed by atoms with van der Waals surface area (Å²) in [6.07, 6.45) is -2.36. The van der Waals surface area contributed by atoms with E-state index in [9.17, 15) is 31.6 Å². The van der Waals surface area contributed by atoms with Crippen LogP contribution in [0.1, 0.15) is 30.5 Å². The predicted octanol–water partition coefficient (Wildman–Crippen LogP) is 3.05. The van der Waals surface area contributed by atoms with Gasteiger partial charge < -0.3 is 10.6 Å². The lowest BCUT2D eigenvalue weighted by Crippen LogP contribution is -2.75. The van der Waals surface area contributed by atoms with Gasteiger partial charge in [0.25, 0.3) is 10.0 Å². The minimum Gasteiger partial charge on any atom is -0.381 e. The summed E-state index contributed by atoms with van der Waals surface area (Å²) in [7, 11) is -4.76. The van der Waals surface area contributed by atoms with Crippen LogP contribution < -0.4 is 5.73 Å². The molecule has 0 amide bonds. The highest BCUT2D eigenvalue weighted by molar-refractivity contribution is 7.89. The van der Waals surface area contributed by atoms with Crippen LogP contribution >= 0.6 is 0 Å². The molecule has 3 aromatic rings. The average molecular weight is 520 g/mol. The van der Waals surface area contributed by atoms with Crippen LogP contribution in [-0.2, 0) is 19.7 Å². The van der Waals surface area contributed by atoms with Crippen molar-refractivity contribution >= 4 is 27.5 Å². The molecule has 0 spiro atoms. The predicted molar refractivity (Wildman–Crippen MR) is 118 cm³/mol. The number of sulfonamides is 1. The molecule has 2 heterocycles. The second-order valence-corrected chi connectivity index (χ2v) is 11.1. The van der Waals surface area contributed by atoms with E-state index in [4.69, 9.17) is 5.73 Å². The Labute approximate surface area is 203 Å². The van der Waals surface area contributed by atoms with E-state index in [1.165, 1.54) is 24.4 Å². The first-order valence-corrected chi connectivity index (χ1v) is 12.1. The third-order valence-electron chi connectivity index (χ3n) is 6.66. The number of aryl methyl sites for hydroxylation is 2. The Morgan fingerprint density at radius 1 is 1.28 bits per heavy atom. The Balaban J connectivity index is 1.60. The van der Waals surface area contributed by atoms with Crippen molar-refractivity contribution in [2.75, 3.05) is 5.73 Å². The number of benzene rings is 1. The van der Waals surface area contributed by atoms with E-state index in [1.54, 1.807) is 24.4 Å². The number of rotatable bonds is 5. The molecule has 6 rings (SSSR count). The molecule has 0 aliphatic heterocycles. The number of aromatic nitrogens is 3. The summed E-state index contributed by atoms with van der Waals surface area (Å²) in [5.74, 6) is -2.49. The first kappa shape index (κ1) is 24.0. The van der Waals surface area contributed by atoms with Gasteiger partial charge in [0.2, 0.25) is 0 Å². The van der Waals surface area contributed by atoms with Gasteiger partial charge in [-0.05, 0) is 55.3 Å². The highest BCUT2D eigenvalue weighted by Gasteiger charge is 2.75. The van der Waals surface area contributed by atoms with Crippen LogP contribution in [0.5, 0.6) is 0 Å². The van der Waals surface area contributed by atoms with Gasteiger partial charge in [0, 0.05) is 11.8 Å². The molecule has 1 aromatic carbocycles. The van der Waals surface area contributed by atoms with Gasteiger partial charge in [-0.1, -0.05) is 6.07 Å². The van der Waals surface area contributed by atoms with Gasteiger partial charge in [-0.15, -0.1) is 0 Å². The molecule has 0 radical (unpaired) electrons. The molecule has 3 fully saturated rings. The fourth-order valence-corrected chi connectivity index (χ4v) is 6.61. The zero-order chi connectivity index (χ0) is 26.3. The maximum atomic E-state index is 13.6. The van der Waals surface area contributed by atoms with Gasteiger partial charge in [-0.3, -0.25) is 4.40 Å². The lowest BCUT2D eigenvalue weighted by molar-refractivity contribution is -0.282. The number of carbonyl (C=O) groups excluding carboxylic acids is 1. The lowest BCUT2D eigenvalue weighted by Gasteiger charge is -2.68. The van der Waals surface area contributed by atoms with Crippen molar-refractivity contribution in [3.63, 3.8) is 0 Å². The molecule has 0 saturated heterocycles. The number of nitriles is 1. The largest absolute Gasteiger partial charge is 0.492 e. The van der Waals surface area contributed by atoms with Crippen molar-refractivity contribution in [1.82, 2.24) is 18.8 Å². The molecule has 188 valence electrons. The number of halogens is 3. The zero-order valence-electron chi connectivity index (χ0n) is 19.0. The van der Waals surface area contributed by atoms with Crippen LogP contribution in [0.2, 0.25) is 0 Å². The number of hydrogen-bond donors (Lipinski definition) is 1. The van der Waals surface area contributed by atoms with E-state index in [2.05, 4.69) is 20.9 Å². The van der Waals surface area contributed by atoms with E-state index in [-0.39, 0.29) is 34.4 Å². The van der Waals surface area contributed by atoms with Gasteiger partial charge in [0.1, 0.15) is 0 Å². The Bertz CT molecular complexity index is 1570. The zero-order valence-corrected chi connectivity index (χ0v) is 19.8. The van der Waals surface area contributed by atoms with Crippen molar-refractivity contribution in [3.8, 4) is 17.3 Å². The first-order chi connectivity index (χ1) is 16.7. The number of fused-ring (bicyclic) bond motifs is 1. The lowest BCUT2D eigenvalue weighted by atomic mass is 9.40. The van der Waals surface area contributed by atoms with Gasteiger partial charge in [-0.25, -0.2) is 23.2 Å². The molecule has 10 nitrogen and oxygen atoms in total. The van der Waals surface area contributed by atoms with Gasteiger partial charge in [0.05, 0.1) is 39.5 Å². The first-order valence-electron chi connectivity index (χ1n) is 10.7. The quantitative estimate of drug-likeness (QED) is 0.506. The van der Waals surface area contributed by atoms with Crippen LogP contribution in [0.25, 0.3) is 16.9 Å². The van der Waals surface area contributed by atoms with Crippen LogP contribution in [0.3, 0.4) is 0 Å². The third kappa shape index (κ3) is 3.41. The summed E-state index contributed by atoms with van der Waals surface area (Å²) in [4.78, 5) is 24.1. The summed E-state index contributed by atoms with van der Waals surface area (Å²) in [5, 5.41) is 9.28. The van der Waals surface area contributed by atoms with Crippen LogP contribution in [-0.4, -0.2) is 44.9 Å². The molecule has 2 aromatic heterocycles. The van der Waals surface area contributed by atoms with Crippen LogP contribution in [0, 0.1) is 30.6 Å². The standard InChI is InChI=1S/C22H19F3N6O4S/c1-12-3-4-14(5-15(12)16-6-28-18-17(27)29-13(2)7-30(16)18)36(33,34)31(35-19(32)22(23,24)25)21-8-20(9-21,10-21)11-26/h3-7H,8-10H2,1-2H3,(H2,27,29). The molecule has 3 aliphatic rings. The number of anilines is 1. The molecule has 0 atom stereocenters. The minimum atomic E-state index is -5.41. The molecule has 0 unspecified atom stereocenters. The summed E-state index contributed by atoms with van der Waals surface area (Å²) in [6.45, 7) is 3.44. The maximum absolute atomic E-state index is 13.6. The summed E-state index contributed by atoms with van der Waals surface area (Å²) >= 11 is 0. The number of hydrogen-bond acceptors (Lipinski definition) is 8. The fraction of sp³-hybridized carbons (Fsp3) is 0.364.